The lowest BCUT2D eigenvalue weighted by molar-refractivity contribution is 0.156. The van der Waals surface area contributed by atoms with Gasteiger partial charge in [-0.15, -0.1) is 0 Å². The van der Waals surface area contributed by atoms with E-state index in [2.05, 4.69) is 45.8 Å². The third-order valence-electron chi connectivity index (χ3n) is 5.14. The van der Waals surface area contributed by atoms with Crippen LogP contribution in [0.4, 0.5) is 0 Å². The Bertz CT molecular complexity index is 675. The second-order valence-corrected chi connectivity index (χ2v) is 6.81. The molecular formula is C21H29N3O. The van der Waals surface area contributed by atoms with Gasteiger partial charge in [0.1, 0.15) is 11.6 Å². The highest BCUT2D eigenvalue weighted by Gasteiger charge is 2.21. The maximum Gasteiger partial charge on any atom is 0.118 e. The SMILES string of the molecule is COc1ccc(/C=C/CN2CCCC[C@@H]2CCc2nccn2C)cc1. The smallest absolute Gasteiger partial charge is 0.118 e. The summed E-state index contributed by atoms with van der Waals surface area (Å²) in [6, 6.07) is 8.90. The molecule has 0 unspecified atom stereocenters. The van der Waals surface area contributed by atoms with Crippen LogP contribution in [0.15, 0.2) is 42.7 Å². The summed E-state index contributed by atoms with van der Waals surface area (Å²) in [6.45, 7) is 2.23. The second-order valence-electron chi connectivity index (χ2n) is 6.81. The van der Waals surface area contributed by atoms with Crippen LogP contribution >= 0.6 is 0 Å². The minimum absolute atomic E-state index is 0.672. The molecule has 0 aliphatic carbocycles. The van der Waals surface area contributed by atoms with E-state index in [-0.39, 0.29) is 0 Å². The van der Waals surface area contributed by atoms with Crippen LogP contribution in [0.3, 0.4) is 0 Å². The van der Waals surface area contributed by atoms with E-state index < -0.39 is 0 Å². The summed E-state index contributed by atoms with van der Waals surface area (Å²) < 4.78 is 7.35. The fraction of sp³-hybridized carbons (Fsp3) is 0.476. The molecule has 1 aromatic carbocycles. The molecule has 4 nitrogen and oxygen atoms in total. The number of rotatable bonds is 7. The number of methoxy groups -OCH3 is 1. The summed E-state index contributed by atoms with van der Waals surface area (Å²) in [5, 5.41) is 0. The quantitative estimate of drug-likeness (QED) is 0.766. The Balaban J connectivity index is 1.53. The molecule has 1 aromatic heterocycles. The van der Waals surface area contributed by atoms with E-state index in [9.17, 15) is 0 Å². The predicted molar refractivity (Wildman–Crippen MR) is 103 cm³/mol. The highest BCUT2D eigenvalue weighted by atomic mass is 16.5. The van der Waals surface area contributed by atoms with Crippen molar-refractivity contribution in [3.8, 4) is 5.75 Å². The van der Waals surface area contributed by atoms with Crippen molar-refractivity contribution >= 4 is 6.08 Å². The van der Waals surface area contributed by atoms with Gasteiger partial charge in [-0.3, -0.25) is 4.90 Å². The summed E-state index contributed by atoms with van der Waals surface area (Å²) in [5.41, 5.74) is 1.22. The number of nitrogens with zero attached hydrogens (tertiary/aromatic N) is 3. The summed E-state index contributed by atoms with van der Waals surface area (Å²) in [6.07, 6.45) is 14.7. The van der Waals surface area contributed by atoms with Gasteiger partial charge in [-0.1, -0.05) is 30.7 Å². The fourth-order valence-corrected chi connectivity index (χ4v) is 3.60. The van der Waals surface area contributed by atoms with Crippen molar-refractivity contribution < 1.29 is 4.74 Å². The molecule has 1 fully saturated rings. The largest absolute Gasteiger partial charge is 0.497 e. The highest BCUT2D eigenvalue weighted by Crippen LogP contribution is 2.21. The zero-order valence-corrected chi connectivity index (χ0v) is 15.4. The molecule has 0 N–H and O–H groups in total. The highest BCUT2D eigenvalue weighted by molar-refractivity contribution is 5.50. The Morgan fingerprint density at radius 2 is 2.08 bits per heavy atom. The van der Waals surface area contributed by atoms with Crippen molar-refractivity contribution in [3.63, 3.8) is 0 Å². The Morgan fingerprint density at radius 1 is 1.24 bits per heavy atom. The molecule has 1 aliphatic heterocycles. The molecule has 0 spiro atoms. The molecule has 0 amide bonds. The van der Waals surface area contributed by atoms with Crippen LogP contribution in [-0.4, -0.2) is 40.7 Å². The molecule has 4 heteroatoms. The third-order valence-corrected chi connectivity index (χ3v) is 5.14. The minimum atomic E-state index is 0.672. The van der Waals surface area contributed by atoms with Gasteiger partial charge in [0.15, 0.2) is 0 Å². The molecule has 0 bridgehead atoms. The topological polar surface area (TPSA) is 30.3 Å². The van der Waals surface area contributed by atoms with Gasteiger partial charge in [-0.2, -0.15) is 0 Å². The van der Waals surface area contributed by atoms with Gasteiger partial charge < -0.3 is 9.30 Å². The summed E-state index contributed by atoms with van der Waals surface area (Å²) in [5.74, 6) is 2.10. The van der Waals surface area contributed by atoms with Gasteiger partial charge in [-0.05, 0) is 43.5 Å². The van der Waals surface area contributed by atoms with Gasteiger partial charge in [0.2, 0.25) is 0 Å². The van der Waals surface area contributed by atoms with Crippen LogP contribution in [0.25, 0.3) is 6.08 Å². The minimum Gasteiger partial charge on any atom is -0.497 e. The third kappa shape index (κ3) is 4.95. The Labute approximate surface area is 151 Å². The van der Waals surface area contributed by atoms with E-state index >= 15 is 0 Å². The number of ether oxygens (including phenoxy) is 1. The molecule has 0 radical (unpaired) electrons. The lowest BCUT2D eigenvalue weighted by Crippen LogP contribution is -2.39. The first-order valence-electron chi connectivity index (χ1n) is 9.27. The van der Waals surface area contributed by atoms with Crippen molar-refractivity contribution in [1.82, 2.24) is 14.5 Å². The van der Waals surface area contributed by atoms with Crippen LogP contribution in [0, 0.1) is 0 Å². The molecule has 0 saturated carbocycles. The van der Waals surface area contributed by atoms with Crippen LogP contribution in [0.5, 0.6) is 5.75 Å². The maximum atomic E-state index is 5.21. The molecule has 1 aliphatic rings. The maximum absolute atomic E-state index is 5.21. The zero-order chi connectivity index (χ0) is 17.5. The standard InChI is InChI=1S/C21H29N3O/c1-23-17-14-22-21(23)13-10-19-7-3-4-15-24(19)16-5-6-18-8-11-20(25-2)12-9-18/h5-6,8-9,11-12,14,17,19H,3-4,7,10,13,15-16H2,1-2H3/b6-5+/t19-/m1/s1. The van der Waals surface area contributed by atoms with Crippen LogP contribution in [0.2, 0.25) is 0 Å². The van der Waals surface area contributed by atoms with E-state index in [1.807, 2.05) is 24.5 Å². The molecule has 2 aromatic rings. The number of aryl methyl sites for hydroxylation is 2. The molecule has 134 valence electrons. The monoisotopic (exact) mass is 339 g/mol. The first-order valence-corrected chi connectivity index (χ1v) is 9.27. The predicted octanol–water partition coefficient (Wildman–Crippen LogP) is 3.93. The second kappa shape index (κ2) is 8.86. The Kier molecular flexibility index (Phi) is 6.29. The fourth-order valence-electron chi connectivity index (χ4n) is 3.60. The zero-order valence-electron chi connectivity index (χ0n) is 15.4. The van der Waals surface area contributed by atoms with E-state index in [4.69, 9.17) is 4.74 Å². The molecular weight excluding hydrogens is 310 g/mol. The van der Waals surface area contributed by atoms with Crippen molar-refractivity contribution in [2.24, 2.45) is 7.05 Å². The summed E-state index contributed by atoms with van der Waals surface area (Å²) >= 11 is 0. The van der Waals surface area contributed by atoms with Gasteiger partial charge in [0, 0.05) is 38.4 Å². The first-order chi connectivity index (χ1) is 12.3. The number of benzene rings is 1. The molecule has 25 heavy (non-hydrogen) atoms. The van der Waals surface area contributed by atoms with Crippen LogP contribution in [0.1, 0.15) is 37.1 Å². The first kappa shape index (κ1) is 17.7. The van der Waals surface area contributed by atoms with Crippen LogP contribution < -0.4 is 4.74 Å². The van der Waals surface area contributed by atoms with Crippen molar-refractivity contribution in [1.29, 1.82) is 0 Å². The molecule has 1 saturated heterocycles. The van der Waals surface area contributed by atoms with Gasteiger partial charge >= 0.3 is 0 Å². The summed E-state index contributed by atoms with van der Waals surface area (Å²) in [7, 11) is 3.78. The molecule has 1 atom stereocenters. The lowest BCUT2D eigenvalue weighted by atomic mass is 9.97. The lowest BCUT2D eigenvalue weighted by Gasteiger charge is -2.35. The average molecular weight is 339 g/mol. The number of piperidine rings is 1. The van der Waals surface area contributed by atoms with Crippen molar-refractivity contribution in [2.75, 3.05) is 20.2 Å². The van der Waals surface area contributed by atoms with E-state index in [0.29, 0.717) is 6.04 Å². The van der Waals surface area contributed by atoms with Gasteiger partial charge in [0.05, 0.1) is 7.11 Å². The average Bonchev–Trinajstić information content (AvgIpc) is 3.06. The van der Waals surface area contributed by atoms with Gasteiger partial charge in [0.25, 0.3) is 0 Å². The Hall–Kier alpha value is -2.07. The number of hydrogen-bond donors (Lipinski definition) is 0. The van der Waals surface area contributed by atoms with Crippen LogP contribution in [-0.2, 0) is 13.5 Å². The van der Waals surface area contributed by atoms with E-state index in [1.165, 1.54) is 43.6 Å². The number of imidazole rings is 1. The summed E-state index contributed by atoms with van der Waals surface area (Å²) in [4.78, 5) is 7.09. The van der Waals surface area contributed by atoms with E-state index in [0.717, 1.165) is 18.7 Å². The van der Waals surface area contributed by atoms with E-state index in [1.54, 1.807) is 7.11 Å². The van der Waals surface area contributed by atoms with Crippen molar-refractivity contribution in [3.05, 3.63) is 54.1 Å². The van der Waals surface area contributed by atoms with Crippen molar-refractivity contribution in [2.45, 2.75) is 38.1 Å². The number of likely N-dealkylation sites (tertiary alicyclic amines) is 1. The molecule has 3 rings (SSSR count). The number of aromatic nitrogens is 2. The number of hydrogen-bond acceptors (Lipinski definition) is 3. The van der Waals surface area contributed by atoms with Gasteiger partial charge in [-0.25, -0.2) is 4.98 Å². The Morgan fingerprint density at radius 3 is 2.80 bits per heavy atom. The normalized spacial score (nSPS) is 18.7. The molecule has 2 heterocycles.